The summed E-state index contributed by atoms with van der Waals surface area (Å²) in [5.41, 5.74) is -0.964. The lowest BCUT2D eigenvalue weighted by Gasteiger charge is -2.45. The number of benzene rings is 1. The average molecular weight is 474 g/mol. The SMILES string of the molecule is COc1cc(N2C=NC3C=C(C)SC3C2=O)ccc1OCC1(OP(O)O)CC(F)(F)C1. The van der Waals surface area contributed by atoms with Crippen LogP contribution in [0.5, 0.6) is 11.5 Å². The topological polar surface area (TPSA) is 101 Å². The number of carbonyl (C=O) groups excluding carboxylic acids is 1. The van der Waals surface area contributed by atoms with Crippen molar-refractivity contribution in [1.82, 2.24) is 0 Å². The number of nitrogens with zero attached hydrogens (tertiary/aromatic N) is 2. The molecule has 168 valence electrons. The number of amides is 1. The number of hydrogen-bond donors (Lipinski definition) is 2. The molecule has 2 heterocycles. The highest BCUT2D eigenvalue weighted by molar-refractivity contribution is 8.04. The van der Waals surface area contributed by atoms with Crippen molar-refractivity contribution in [3.63, 3.8) is 0 Å². The fourth-order valence-corrected chi connectivity index (χ4v) is 5.53. The van der Waals surface area contributed by atoms with Crippen LogP contribution >= 0.6 is 20.4 Å². The van der Waals surface area contributed by atoms with Gasteiger partial charge in [-0.25, -0.2) is 8.78 Å². The van der Waals surface area contributed by atoms with Crippen molar-refractivity contribution >= 4 is 38.3 Å². The summed E-state index contributed by atoms with van der Waals surface area (Å²) in [5, 5.41) is -0.309. The minimum Gasteiger partial charge on any atom is -0.493 e. The lowest BCUT2D eigenvalue weighted by molar-refractivity contribution is -0.204. The van der Waals surface area contributed by atoms with Gasteiger partial charge >= 0.3 is 8.60 Å². The van der Waals surface area contributed by atoms with E-state index in [4.69, 9.17) is 23.8 Å². The number of hydrogen-bond acceptors (Lipinski definition) is 8. The van der Waals surface area contributed by atoms with Crippen molar-refractivity contribution in [2.24, 2.45) is 4.99 Å². The van der Waals surface area contributed by atoms with Gasteiger partial charge in [0.05, 0.1) is 25.2 Å². The normalized spacial score (nSPS) is 25.8. The van der Waals surface area contributed by atoms with Crippen LogP contribution < -0.4 is 14.4 Å². The second-order valence-electron chi connectivity index (χ2n) is 7.64. The number of halogens is 2. The summed E-state index contributed by atoms with van der Waals surface area (Å²) in [6.45, 7) is 1.63. The summed E-state index contributed by atoms with van der Waals surface area (Å²) in [7, 11) is -1.40. The number of ether oxygens (including phenoxy) is 2. The van der Waals surface area contributed by atoms with E-state index >= 15 is 0 Å². The van der Waals surface area contributed by atoms with Crippen molar-refractivity contribution in [1.29, 1.82) is 0 Å². The van der Waals surface area contributed by atoms with E-state index in [1.807, 2.05) is 13.0 Å². The molecule has 0 spiro atoms. The van der Waals surface area contributed by atoms with E-state index in [9.17, 15) is 13.6 Å². The third-order valence-electron chi connectivity index (χ3n) is 5.22. The molecule has 2 aliphatic heterocycles. The maximum absolute atomic E-state index is 13.4. The minimum atomic E-state index is -2.94. The molecule has 1 aromatic carbocycles. The van der Waals surface area contributed by atoms with Crippen molar-refractivity contribution in [2.45, 2.75) is 42.6 Å². The van der Waals surface area contributed by atoms with Crippen molar-refractivity contribution < 1.29 is 37.4 Å². The van der Waals surface area contributed by atoms with Crippen LogP contribution in [0.3, 0.4) is 0 Å². The van der Waals surface area contributed by atoms with Gasteiger partial charge in [0.2, 0.25) is 5.91 Å². The molecule has 0 radical (unpaired) electrons. The molecular weight excluding hydrogens is 453 g/mol. The Labute approximate surface area is 182 Å². The van der Waals surface area contributed by atoms with Gasteiger partial charge in [-0.05, 0) is 30.0 Å². The first-order valence-electron chi connectivity index (χ1n) is 9.39. The second kappa shape index (κ2) is 8.29. The number of thioether (sulfide) groups is 1. The number of rotatable bonds is 7. The molecular formula is C19H21F2N2O6PS. The van der Waals surface area contributed by atoms with E-state index in [0.717, 1.165) is 4.91 Å². The highest BCUT2D eigenvalue weighted by Gasteiger charge is 2.59. The lowest BCUT2D eigenvalue weighted by Crippen LogP contribution is -2.56. The van der Waals surface area contributed by atoms with E-state index < -0.39 is 33.0 Å². The average Bonchev–Trinajstić information content (AvgIpc) is 3.06. The molecule has 4 rings (SSSR count). The largest absolute Gasteiger partial charge is 0.493 e. The fourth-order valence-electron chi connectivity index (χ4n) is 3.88. The third kappa shape index (κ3) is 4.56. The van der Waals surface area contributed by atoms with Crippen LogP contribution in [0.1, 0.15) is 19.8 Å². The first-order valence-corrected chi connectivity index (χ1v) is 11.4. The summed E-state index contributed by atoms with van der Waals surface area (Å²) in [4.78, 5) is 38.1. The number of aliphatic imine (C=N–C) groups is 1. The van der Waals surface area contributed by atoms with E-state index in [2.05, 4.69) is 4.99 Å². The summed E-state index contributed by atoms with van der Waals surface area (Å²) in [5.74, 6) is -2.51. The number of fused-ring (bicyclic) bond motifs is 1. The zero-order valence-electron chi connectivity index (χ0n) is 16.7. The highest BCUT2D eigenvalue weighted by atomic mass is 32.2. The van der Waals surface area contributed by atoms with Gasteiger partial charge < -0.3 is 23.8 Å². The van der Waals surface area contributed by atoms with Crippen LogP contribution in [0.15, 0.2) is 34.2 Å². The molecule has 0 bridgehead atoms. The summed E-state index contributed by atoms with van der Waals surface area (Å²) in [6, 6.07) is 4.61. The minimum absolute atomic E-state index is 0.0999. The first-order chi connectivity index (χ1) is 14.6. The Morgan fingerprint density at radius 1 is 1.32 bits per heavy atom. The molecule has 8 nitrogen and oxygen atoms in total. The highest BCUT2D eigenvalue weighted by Crippen LogP contribution is 2.53. The fraction of sp³-hybridized carbons (Fsp3) is 0.474. The van der Waals surface area contributed by atoms with Gasteiger partial charge in [0, 0.05) is 18.9 Å². The zero-order valence-corrected chi connectivity index (χ0v) is 18.4. The Hall–Kier alpha value is -1.78. The number of methoxy groups -OCH3 is 1. The number of alkyl halides is 2. The molecule has 2 N–H and O–H groups in total. The quantitative estimate of drug-likeness (QED) is 0.586. The Morgan fingerprint density at radius 2 is 2.06 bits per heavy atom. The van der Waals surface area contributed by atoms with Crippen LogP contribution in [0.2, 0.25) is 0 Å². The van der Waals surface area contributed by atoms with Gasteiger partial charge in [-0.2, -0.15) is 0 Å². The molecule has 1 fully saturated rings. The summed E-state index contributed by atoms with van der Waals surface area (Å²) >= 11 is 1.48. The van der Waals surface area contributed by atoms with Crippen LogP contribution in [0, 0.1) is 0 Å². The Balaban J connectivity index is 1.49. The van der Waals surface area contributed by atoms with Crippen LogP contribution in [-0.4, -0.2) is 58.6 Å². The van der Waals surface area contributed by atoms with E-state index in [0.29, 0.717) is 5.69 Å². The van der Waals surface area contributed by atoms with Crippen molar-refractivity contribution in [3.8, 4) is 11.5 Å². The molecule has 0 aromatic heterocycles. The Bertz CT molecular complexity index is 930. The first kappa shape index (κ1) is 22.4. The third-order valence-corrected chi connectivity index (χ3v) is 7.01. The molecule has 0 saturated heterocycles. The van der Waals surface area contributed by atoms with Crippen LogP contribution in [-0.2, 0) is 9.32 Å². The molecule has 2 atom stereocenters. The molecule has 1 aromatic rings. The van der Waals surface area contributed by atoms with Gasteiger partial charge in [0.15, 0.2) is 11.5 Å². The maximum atomic E-state index is 13.4. The second-order valence-corrected chi connectivity index (χ2v) is 9.72. The Kier molecular flexibility index (Phi) is 5.99. The Morgan fingerprint density at radius 3 is 2.71 bits per heavy atom. The standard InChI is InChI=1S/C19H21F2N2O6PS/c1-11-5-13-16(31-11)17(24)23(10-22-13)12-3-4-14(15(6-12)27-2)28-9-18(29-30(25)26)7-19(20,21)8-18/h3-6,10,13,16,25-26H,7-9H2,1-2H3. The van der Waals surface area contributed by atoms with Crippen LogP contribution in [0.4, 0.5) is 14.5 Å². The molecule has 1 amide bonds. The van der Waals surface area contributed by atoms with E-state index in [1.54, 1.807) is 18.2 Å². The monoisotopic (exact) mass is 474 g/mol. The van der Waals surface area contributed by atoms with E-state index in [1.165, 1.54) is 30.1 Å². The van der Waals surface area contributed by atoms with Crippen molar-refractivity contribution in [3.05, 3.63) is 29.2 Å². The van der Waals surface area contributed by atoms with E-state index in [-0.39, 0.29) is 35.3 Å². The predicted octanol–water partition coefficient (Wildman–Crippen LogP) is 3.23. The van der Waals surface area contributed by atoms with Gasteiger partial charge in [0.1, 0.15) is 17.5 Å². The van der Waals surface area contributed by atoms with Gasteiger partial charge in [-0.15, -0.1) is 11.8 Å². The zero-order chi connectivity index (χ0) is 22.4. The van der Waals surface area contributed by atoms with Crippen molar-refractivity contribution in [2.75, 3.05) is 18.6 Å². The number of anilines is 1. The van der Waals surface area contributed by atoms with Gasteiger partial charge in [-0.1, -0.05) is 0 Å². The van der Waals surface area contributed by atoms with Gasteiger partial charge in [-0.3, -0.25) is 14.7 Å². The molecule has 2 unspecified atom stereocenters. The smallest absolute Gasteiger partial charge is 0.327 e. The molecule has 12 heteroatoms. The predicted molar refractivity (Wildman–Crippen MR) is 113 cm³/mol. The lowest BCUT2D eigenvalue weighted by atomic mass is 9.77. The number of allylic oxidation sites excluding steroid dienone is 1. The molecule has 31 heavy (non-hydrogen) atoms. The number of carbonyl (C=O) groups is 1. The molecule has 1 saturated carbocycles. The molecule has 1 aliphatic carbocycles. The maximum Gasteiger partial charge on any atom is 0.327 e. The van der Waals surface area contributed by atoms with Crippen LogP contribution in [0.25, 0.3) is 0 Å². The summed E-state index contributed by atoms with van der Waals surface area (Å²) in [6.07, 6.45) is 2.10. The molecule has 3 aliphatic rings. The van der Waals surface area contributed by atoms with Gasteiger partial charge in [0.25, 0.3) is 5.92 Å². The summed E-state index contributed by atoms with van der Waals surface area (Å²) < 4.78 is 42.7.